The molecule has 12 heavy (non-hydrogen) atoms. The van der Waals surface area contributed by atoms with Gasteiger partial charge in [-0.3, -0.25) is 0 Å². The molecule has 0 saturated heterocycles. The molecule has 0 amide bonds. The highest BCUT2D eigenvalue weighted by Crippen LogP contribution is 1.98. The summed E-state index contributed by atoms with van der Waals surface area (Å²) in [5.74, 6) is -0.311. The van der Waals surface area contributed by atoms with Gasteiger partial charge in [-0.15, -0.1) is 0 Å². The maximum atomic E-state index is 8.64. The van der Waals surface area contributed by atoms with Crippen LogP contribution in [0.25, 0.3) is 0 Å². The Hall–Kier alpha value is -0.730. The van der Waals surface area contributed by atoms with Crippen molar-refractivity contribution in [2.24, 2.45) is 5.73 Å². The van der Waals surface area contributed by atoms with Gasteiger partial charge in [0.2, 0.25) is 0 Å². The fourth-order valence-electron chi connectivity index (χ4n) is 1.01. The Bertz CT molecular complexity index is 235. The molecule has 0 spiro atoms. The van der Waals surface area contributed by atoms with E-state index < -0.39 is 0 Å². The van der Waals surface area contributed by atoms with Gasteiger partial charge >= 0.3 is 7.48 Å². The average Bonchev–Trinajstić information content (AvgIpc) is 2.05. The molecule has 0 fully saturated rings. The van der Waals surface area contributed by atoms with Crippen LogP contribution in [0.5, 0.6) is 0 Å². The molecule has 1 atom stereocenters. The molecule has 0 saturated carbocycles. The number of hydrogen-bond donors (Lipinski definition) is 2. The topological polar surface area (TPSA) is 46.2 Å². The minimum absolute atomic E-state index is 0.311. The van der Waals surface area contributed by atoms with Crippen LogP contribution in [0.3, 0.4) is 0 Å². The SMILES string of the molecule is [B][C@@H](N)Cc1ccc([B]O)cc1. The Balaban J connectivity index is 2.65. The zero-order valence-corrected chi connectivity index (χ0v) is 6.77. The smallest absolute Gasteiger partial charge is 0.326 e. The summed E-state index contributed by atoms with van der Waals surface area (Å²) in [5, 5.41) is 8.64. The third-order valence-corrected chi connectivity index (χ3v) is 1.60. The third-order valence-electron chi connectivity index (χ3n) is 1.60. The summed E-state index contributed by atoms with van der Waals surface area (Å²) >= 11 is 0. The highest BCUT2D eigenvalue weighted by atomic mass is 16.2. The van der Waals surface area contributed by atoms with Gasteiger partial charge in [-0.25, -0.2) is 0 Å². The predicted octanol–water partition coefficient (Wildman–Crippen LogP) is -1.08. The second-order valence-electron chi connectivity index (χ2n) is 2.74. The highest BCUT2D eigenvalue weighted by molar-refractivity contribution is 6.45. The Morgan fingerprint density at radius 3 is 2.42 bits per heavy atom. The average molecular weight is 158 g/mol. The summed E-state index contributed by atoms with van der Waals surface area (Å²) in [4.78, 5) is 0. The van der Waals surface area contributed by atoms with E-state index in [4.69, 9.17) is 18.6 Å². The zero-order valence-electron chi connectivity index (χ0n) is 6.77. The summed E-state index contributed by atoms with van der Waals surface area (Å²) in [6, 6.07) is 7.43. The number of nitrogens with two attached hydrogens (primary N) is 1. The second-order valence-corrected chi connectivity index (χ2v) is 2.74. The number of hydrogen-bond acceptors (Lipinski definition) is 2. The van der Waals surface area contributed by atoms with Crippen molar-refractivity contribution in [1.29, 1.82) is 0 Å². The van der Waals surface area contributed by atoms with E-state index in [0.717, 1.165) is 18.5 Å². The molecule has 3 radical (unpaired) electrons. The molecular formula is C8H10B2NO. The zero-order chi connectivity index (χ0) is 8.97. The maximum Gasteiger partial charge on any atom is 0.326 e. The first-order chi connectivity index (χ1) is 5.72. The van der Waals surface area contributed by atoms with Crippen LogP contribution in [-0.4, -0.2) is 26.3 Å². The molecule has 0 aromatic heterocycles. The summed E-state index contributed by atoms with van der Waals surface area (Å²) in [6.07, 6.45) is 0.658. The van der Waals surface area contributed by atoms with Gasteiger partial charge in [0.1, 0.15) is 0 Å². The van der Waals surface area contributed by atoms with E-state index in [1.54, 1.807) is 0 Å². The monoisotopic (exact) mass is 158 g/mol. The van der Waals surface area contributed by atoms with Crippen LogP contribution in [0.1, 0.15) is 5.56 Å². The van der Waals surface area contributed by atoms with Crippen LogP contribution < -0.4 is 11.2 Å². The van der Waals surface area contributed by atoms with Gasteiger partial charge in [0.25, 0.3) is 0 Å². The maximum absolute atomic E-state index is 8.64. The van der Waals surface area contributed by atoms with Crippen molar-refractivity contribution in [2.75, 3.05) is 0 Å². The van der Waals surface area contributed by atoms with Gasteiger partial charge in [0.05, 0.1) is 7.85 Å². The fraction of sp³-hybridized carbons (Fsp3) is 0.250. The van der Waals surface area contributed by atoms with Gasteiger partial charge in [0.15, 0.2) is 0 Å². The molecule has 3 N–H and O–H groups in total. The van der Waals surface area contributed by atoms with Crippen LogP contribution in [0.2, 0.25) is 0 Å². The molecule has 0 bridgehead atoms. The molecule has 2 nitrogen and oxygen atoms in total. The highest BCUT2D eigenvalue weighted by Gasteiger charge is 1.97. The van der Waals surface area contributed by atoms with Crippen molar-refractivity contribution in [3.05, 3.63) is 29.8 Å². The molecule has 1 aromatic carbocycles. The van der Waals surface area contributed by atoms with Crippen LogP contribution in [0.15, 0.2) is 24.3 Å². The molecule has 1 rings (SSSR count). The minimum Gasteiger partial charge on any atom is -0.450 e. The normalized spacial score (nSPS) is 12.5. The van der Waals surface area contributed by atoms with Crippen molar-refractivity contribution in [3.63, 3.8) is 0 Å². The van der Waals surface area contributed by atoms with Crippen molar-refractivity contribution >= 4 is 20.8 Å². The second kappa shape index (κ2) is 4.33. The quantitative estimate of drug-likeness (QED) is 0.549. The molecule has 1 aromatic rings. The van der Waals surface area contributed by atoms with Crippen molar-refractivity contribution in [3.8, 4) is 0 Å². The van der Waals surface area contributed by atoms with Gasteiger partial charge in [-0.2, -0.15) is 0 Å². The summed E-state index contributed by atoms with van der Waals surface area (Å²) in [6.45, 7) is 0. The number of benzene rings is 1. The largest absolute Gasteiger partial charge is 0.450 e. The van der Waals surface area contributed by atoms with E-state index in [0.29, 0.717) is 6.42 Å². The molecule has 0 unspecified atom stereocenters. The first-order valence-electron chi connectivity index (χ1n) is 3.80. The lowest BCUT2D eigenvalue weighted by Gasteiger charge is -2.05. The summed E-state index contributed by atoms with van der Waals surface area (Å²) < 4.78 is 0. The van der Waals surface area contributed by atoms with Crippen LogP contribution in [0.4, 0.5) is 0 Å². The molecule has 4 heteroatoms. The molecule has 0 aliphatic rings. The lowest BCUT2D eigenvalue weighted by atomic mass is 9.86. The Morgan fingerprint density at radius 2 is 2.00 bits per heavy atom. The van der Waals surface area contributed by atoms with Gasteiger partial charge in [-0.1, -0.05) is 29.7 Å². The summed E-state index contributed by atoms with van der Waals surface area (Å²) in [7, 11) is 6.48. The van der Waals surface area contributed by atoms with Gasteiger partial charge in [0, 0.05) is 0 Å². The molecular weight excluding hydrogens is 148 g/mol. The molecule has 0 heterocycles. The molecule has 0 aliphatic carbocycles. The van der Waals surface area contributed by atoms with Crippen molar-refractivity contribution in [1.82, 2.24) is 0 Å². The van der Waals surface area contributed by atoms with Gasteiger partial charge in [-0.05, 0) is 17.9 Å². The van der Waals surface area contributed by atoms with Crippen molar-refractivity contribution in [2.45, 2.75) is 12.4 Å². The predicted molar refractivity (Wildman–Crippen MR) is 51.5 cm³/mol. The Labute approximate surface area is 74.5 Å². The van der Waals surface area contributed by atoms with E-state index in [1.807, 2.05) is 24.3 Å². The van der Waals surface area contributed by atoms with Crippen molar-refractivity contribution < 1.29 is 5.02 Å². The Kier molecular flexibility index (Phi) is 3.38. The molecule has 59 valence electrons. The van der Waals surface area contributed by atoms with E-state index in [9.17, 15) is 0 Å². The Morgan fingerprint density at radius 1 is 1.42 bits per heavy atom. The van der Waals surface area contributed by atoms with Gasteiger partial charge < -0.3 is 10.8 Å². The van der Waals surface area contributed by atoms with E-state index in [-0.39, 0.29) is 5.94 Å². The van der Waals surface area contributed by atoms with E-state index in [2.05, 4.69) is 0 Å². The summed E-state index contributed by atoms with van der Waals surface area (Å²) in [5.41, 5.74) is 7.28. The lowest BCUT2D eigenvalue weighted by molar-refractivity contribution is 0.615. The minimum atomic E-state index is -0.311. The van der Waals surface area contributed by atoms with Crippen LogP contribution >= 0.6 is 0 Å². The lowest BCUT2D eigenvalue weighted by Crippen LogP contribution is -2.22. The first kappa shape index (κ1) is 9.36. The molecule has 0 aliphatic heterocycles. The van der Waals surface area contributed by atoms with Crippen LogP contribution in [0, 0.1) is 0 Å². The van der Waals surface area contributed by atoms with E-state index >= 15 is 0 Å². The number of rotatable bonds is 3. The van der Waals surface area contributed by atoms with E-state index in [1.165, 1.54) is 0 Å². The first-order valence-corrected chi connectivity index (χ1v) is 3.80. The van der Waals surface area contributed by atoms with Crippen LogP contribution in [-0.2, 0) is 6.42 Å². The standard InChI is InChI=1S/C8H10B2NO/c9-8(11)5-6-1-3-7(10-12)4-2-6/h1-4,8,12H,5,11H2/t8-/m0/s1. The third kappa shape index (κ3) is 2.72. The fourth-order valence-corrected chi connectivity index (χ4v) is 1.01.